The van der Waals surface area contributed by atoms with Gasteiger partial charge in [0.1, 0.15) is 10.6 Å². The summed E-state index contributed by atoms with van der Waals surface area (Å²) >= 11 is 4.96. The summed E-state index contributed by atoms with van der Waals surface area (Å²) in [4.78, 5) is 18.2. The van der Waals surface area contributed by atoms with E-state index in [-0.39, 0.29) is 5.63 Å². The molecule has 0 atom stereocenters. The number of fused-ring (bicyclic) bond motifs is 1. The molecule has 0 N–H and O–H groups in total. The topological polar surface area (TPSA) is 43.1 Å². The minimum absolute atomic E-state index is 0.362. The third-order valence-electron chi connectivity index (χ3n) is 4.05. The molecule has 4 aromatic rings. The maximum absolute atomic E-state index is 12.4. The van der Waals surface area contributed by atoms with Crippen molar-refractivity contribution in [2.45, 2.75) is 13.8 Å². The monoisotopic (exact) mass is 411 g/mol. The molecule has 0 amide bonds. The number of hydrogen-bond acceptors (Lipinski definition) is 4. The zero-order valence-corrected chi connectivity index (χ0v) is 16.1. The summed E-state index contributed by atoms with van der Waals surface area (Å²) in [5.41, 5.74) is 3.88. The third-order valence-corrected chi connectivity index (χ3v) is 5.54. The van der Waals surface area contributed by atoms with Crippen LogP contribution in [0.3, 0.4) is 0 Å². The van der Waals surface area contributed by atoms with E-state index in [2.05, 4.69) is 47.1 Å². The van der Waals surface area contributed by atoms with Crippen LogP contribution in [0.2, 0.25) is 0 Å². The Hall–Kier alpha value is -2.24. The van der Waals surface area contributed by atoms with Crippen LogP contribution in [-0.4, -0.2) is 4.98 Å². The molecule has 0 fully saturated rings. The van der Waals surface area contributed by atoms with Crippen molar-refractivity contribution in [2.24, 2.45) is 0 Å². The smallest absolute Gasteiger partial charge is 0.346 e. The number of nitrogens with zero attached hydrogens (tertiary/aromatic N) is 1. The molecule has 2 aromatic heterocycles. The molecule has 0 spiro atoms. The van der Waals surface area contributed by atoms with E-state index >= 15 is 0 Å². The van der Waals surface area contributed by atoms with Crippen molar-refractivity contribution in [1.29, 1.82) is 0 Å². The van der Waals surface area contributed by atoms with E-state index in [4.69, 9.17) is 9.40 Å². The van der Waals surface area contributed by atoms with Gasteiger partial charge in [0, 0.05) is 20.3 Å². The zero-order chi connectivity index (χ0) is 17.6. The predicted octanol–water partition coefficient (Wildman–Crippen LogP) is 5.96. The normalized spacial score (nSPS) is 11.2. The van der Waals surface area contributed by atoms with Gasteiger partial charge in [-0.15, -0.1) is 11.3 Å². The van der Waals surface area contributed by atoms with E-state index < -0.39 is 0 Å². The van der Waals surface area contributed by atoms with Crippen LogP contribution in [0.4, 0.5) is 0 Å². The maximum atomic E-state index is 12.4. The van der Waals surface area contributed by atoms with Gasteiger partial charge >= 0.3 is 5.63 Å². The summed E-state index contributed by atoms with van der Waals surface area (Å²) in [6.07, 6.45) is 0. The largest absolute Gasteiger partial charge is 0.422 e. The second-order valence-corrected chi connectivity index (χ2v) is 8.04. The van der Waals surface area contributed by atoms with Crippen molar-refractivity contribution < 1.29 is 4.42 Å². The Morgan fingerprint density at radius 2 is 1.80 bits per heavy atom. The fraction of sp³-hybridized carbons (Fsp3) is 0.100. The number of thiazole rings is 1. The van der Waals surface area contributed by atoms with Crippen LogP contribution in [0.1, 0.15) is 10.4 Å². The Morgan fingerprint density at radius 1 is 1.04 bits per heavy atom. The van der Waals surface area contributed by atoms with Crippen molar-refractivity contribution in [3.8, 4) is 21.8 Å². The van der Waals surface area contributed by atoms with Crippen LogP contribution < -0.4 is 5.63 Å². The first-order valence-electron chi connectivity index (χ1n) is 7.79. The molecule has 2 aromatic carbocycles. The van der Waals surface area contributed by atoms with E-state index in [0.717, 1.165) is 26.0 Å². The lowest BCUT2D eigenvalue weighted by Crippen LogP contribution is -2.02. The number of halogens is 1. The maximum Gasteiger partial charge on any atom is 0.346 e. The number of rotatable bonds is 2. The molecule has 4 rings (SSSR count). The van der Waals surface area contributed by atoms with Gasteiger partial charge in [-0.25, -0.2) is 9.78 Å². The molecule has 0 radical (unpaired) electrons. The first-order valence-corrected chi connectivity index (χ1v) is 9.40. The number of aromatic nitrogens is 1. The van der Waals surface area contributed by atoms with E-state index in [9.17, 15) is 4.79 Å². The summed E-state index contributed by atoms with van der Waals surface area (Å²) in [6.45, 7) is 4.08. The van der Waals surface area contributed by atoms with Gasteiger partial charge in [-0.05, 0) is 38.1 Å². The summed E-state index contributed by atoms with van der Waals surface area (Å²) < 4.78 is 6.40. The minimum atomic E-state index is -0.362. The molecular formula is C20H14BrNO2S. The van der Waals surface area contributed by atoms with Crippen molar-refractivity contribution in [1.82, 2.24) is 4.98 Å². The van der Waals surface area contributed by atoms with Gasteiger partial charge in [0.05, 0.1) is 11.3 Å². The number of benzene rings is 2. The molecule has 5 heteroatoms. The second-order valence-electron chi connectivity index (χ2n) is 5.92. The standard InChI is InChI=1S/C20H14BrNO2S/c1-11-3-5-13(6-4-11)18-12(2)25-19(22-18)16-10-14-9-15(21)7-8-17(14)24-20(16)23/h3-10H,1-2H3. The van der Waals surface area contributed by atoms with Gasteiger partial charge in [-0.1, -0.05) is 45.8 Å². The van der Waals surface area contributed by atoms with Gasteiger partial charge in [0.2, 0.25) is 0 Å². The first kappa shape index (κ1) is 16.2. The van der Waals surface area contributed by atoms with Gasteiger partial charge in [-0.3, -0.25) is 0 Å². The Morgan fingerprint density at radius 3 is 2.56 bits per heavy atom. The molecule has 3 nitrogen and oxygen atoms in total. The van der Waals surface area contributed by atoms with Crippen molar-refractivity contribution >= 4 is 38.2 Å². The Kier molecular flexibility index (Phi) is 4.06. The van der Waals surface area contributed by atoms with Crippen LogP contribution in [0.5, 0.6) is 0 Å². The van der Waals surface area contributed by atoms with Crippen LogP contribution in [0.25, 0.3) is 32.8 Å². The summed E-state index contributed by atoms with van der Waals surface area (Å²) in [5.74, 6) is 0. The third kappa shape index (κ3) is 3.05. The lowest BCUT2D eigenvalue weighted by Gasteiger charge is -2.00. The summed E-state index contributed by atoms with van der Waals surface area (Å²) in [7, 11) is 0. The highest BCUT2D eigenvalue weighted by Crippen LogP contribution is 2.33. The SMILES string of the molecule is Cc1ccc(-c2nc(-c3cc4cc(Br)ccc4oc3=O)sc2C)cc1. The summed E-state index contributed by atoms with van der Waals surface area (Å²) in [6, 6.07) is 15.7. The molecule has 124 valence electrons. The van der Waals surface area contributed by atoms with Crippen LogP contribution in [-0.2, 0) is 0 Å². The van der Waals surface area contributed by atoms with Crippen molar-refractivity contribution in [3.63, 3.8) is 0 Å². The van der Waals surface area contributed by atoms with Gasteiger partial charge in [0.25, 0.3) is 0 Å². The molecule has 2 heterocycles. The molecule has 0 unspecified atom stereocenters. The van der Waals surface area contributed by atoms with Crippen LogP contribution in [0.15, 0.2) is 62.2 Å². The van der Waals surface area contributed by atoms with Gasteiger partial charge in [-0.2, -0.15) is 0 Å². The molecular weight excluding hydrogens is 398 g/mol. The fourth-order valence-corrected chi connectivity index (χ4v) is 4.05. The fourth-order valence-electron chi connectivity index (χ4n) is 2.73. The van der Waals surface area contributed by atoms with E-state index in [1.165, 1.54) is 16.9 Å². The molecule has 0 aliphatic heterocycles. The second kappa shape index (κ2) is 6.24. The highest BCUT2D eigenvalue weighted by Gasteiger charge is 2.15. The quantitative estimate of drug-likeness (QED) is 0.382. The molecule has 0 saturated heterocycles. The first-order chi connectivity index (χ1) is 12.0. The predicted molar refractivity (Wildman–Crippen MR) is 106 cm³/mol. The van der Waals surface area contributed by atoms with Crippen LogP contribution >= 0.6 is 27.3 Å². The summed E-state index contributed by atoms with van der Waals surface area (Å²) in [5, 5.41) is 1.55. The van der Waals surface area contributed by atoms with E-state index in [0.29, 0.717) is 16.2 Å². The molecule has 0 bridgehead atoms. The highest BCUT2D eigenvalue weighted by molar-refractivity contribution is 9.10. The van der Waals surface area contributed by atoms with Gasteiger partial charge < -0.3 is 4.42 Å². The molecule has 25 heavy (non-hydrogen) atoms. The highest BCUT2D eigenvalue weighted by atomic mass is 79.9. The lowest BCUT2D eigenvalue weighted by molar-refractivity contribution is 0.563. The Balaban J connectivity index is 1.86. The van der Waals surface area contributed by atoms with E-state index in [1.807, 2.05) is 25.1 Å². The Labute approximate surface area is 157 Å². The minimum Gasteiger partial charge on any atom is -0.422 e. The average Bonchev–Trinajstić information content (AvgIpc) is 2.97. The number of aryl methyl sites for hydroxylation is 2. The Bertz CT molecular complexity index is 1140. The molecule has 0 saturated carbocycles. The molecule has 0 aliphatic rings. The van der Waals surface area contributed by atoms with E-state index in [1.54, 1.807) is 6.07 Å². The average molecular weight is 412 g/mol. The van der Waals surface area contributed by atoms with Crippen molar-refractivity contribution in [2.75, 3.05) is 0 Å². The van der Waals surface area contributed by atoms with Gasteiger partial charge in [0.15, 0.2) is 0 Å². The number of hydrogen-bond donors (Lipinski definition) is 0. The molecule has 0 aliphatic carbocycles. The van der Waals surface area contributed by atoms with Crippen molar-refractivity contribution in [3.05, 3.63) is 73.9 Å². The van der Waals surface area contributed by atoms with Crippen LogP contribution in [0, 0.1) is 13.8 Å². The lowest BCUT2D eigenvalue weighted by atomic mass is 10.1. The zero-order valence-electron chi connectivity index (χ0n) is 13.7.